The summed E-state index contributed by atoms with van der Waals surface area (Å²) in [6.07, 6.45) is 7.82. The number of carbonyl (C=O) groups is 2. The van der Waals surface area contributed by atoms with Gasteiger partial charge < -0.3 is 20.6 Å². The number of aromatic nitrogens is 4. The summed E-state index contributed by atoms with van der Waals surface area (Å²) in [6, 6.07) is 22.1. The second-order valence-corrected chi connectivity index (χ2v) is 16.4. The molecule has 2 aliphatic rings. The molecule has 0 aliphatic heterocycles. The lowest BCUT2D eigenvalue weighted by atomic mass is 9.98. The van der Waals surface area contributed by atoms with Crippen LogP contribution in [-0.4, -0.2) is 43.8 Å². The van der Waals surface area contributed by atoms with Gasteiger partial charge in [0, 0.05) is 43.3 Å². The Bertz CT molecular complexity index is 2050. The van der Waals surface area contributed by atoms with Gasteiger partial charge in [0.15, 0.2) is 0 Å². The third kappa shape index (κ3) is 8.60. The van der Waals surface area contributed by atoms with Crippen LogP contribution in [0.1, 0.15) is 78.4 Å². The Kier molecular flexibility index (Phi) is 10.6. The normalized spacial score (nSPS) is 20.8. The second kappa shape index (κ2) is 15.3. The van der Waals surface area contributed by atoms with Crippen LogP contribution >= 0.6 is 11.6 Å². The monoisotopic (exact) mass is 718 g/mol. The maximum Gasteiger partial charge on any atom is 0.220 e. The van der Waals surface area contributed by atoms with Crippen molar-refractivity contribution < 1.29 is 9.59 Å². The molecule has 0 radical (unpaired) electrons. The molecule has 9 heteroatoms. The van der Waals surface area contributed by atoms with Crippen molar-refractivity contribution in [2.24, 2.45) is 29.6 Å². The number of H-pyrrole nitrogens is 2. The number of fused-ring (bicyclic) bond motifs is 1. The first-order chi connectivity index (χ1) is 25.0. The predicted octanol–water partition coefficient (Wildman–Crippen LogP) is 9.15. The van der Waals surface area contributed by atoms with Crippen LogP contribution in [0.5, 0.6) is 0 Å². The van der Waals surface area contributed by atoms with Gasteiger partial charge >= 0.3 is 0 Å². The Morgan fingerprint density at radius 3 is 2.12 bits per heavy atom. The van der Waals surface area contributed by atoms with Crippen LogP contribution in [0.4, 0.5) is 0 Å². The molecule has 0 saturated heterocycles. The van der Waals surface area contributed by atoms with Crippen molar-refractivity contribution in [1.82, 2.24) is 30.6 Å². The first kappa shape index (κ1) is 36.0. The van der Waals surface area contributed by atoms with Crippen LogP contribution in [0.15, 0.2) is 66.9 Å². The Balaban J connectivity index is 0.932. The Morgan fingerprint density at radius 1 is 0.788 bits per heavy atom. The minimum atomic E-state index is 0.152. The van der Waals surface area contributed by atoms with E-state index in [0.29, 0.717) is 53.6 Å². The maximum absolute atomic E-state index is 12.2. The quantitative estimate of drug-likeness (QED) is 0.0864. The number of carbonyl (C=O) groups excluding carboxylic acids is 2. The summed E-state index contributed by atoms with van der Waals surface area (Å²) >= 11 is 6.67. The Morgan fingerprint density at radius 2 is 1.40 bits per heavy atom. The van der Waals surface area contributed by atoms with Gasteiger partial charge in [0.2, 0.25) is 11.8 Å². The molecule has 2 fully saturated rings. The van der Waals surface area contributed by atoms with Crippen molar-refractivity contribution in [2.45, 2.75) is 91.6 Å². The number of hydrogen-bond acceptors (Lipinski definition) is 4. The highest BCUT2D eigenvalue weighted by molar-refractivity contribution is 6.32. The fraction of sp³-hybridized carbons (Fsp3) is 0.442. The molecule has 3 aromatic carbocycles. The van der Waals surface area contributed by atoms with Gasteiger partial charge in [-0.05, 0) is 88.4 Å². The van der Waals surface area contributed by atoms with Crippen LogP contribution in [0.25, 0.3) is 44.4 Å². The van der Waals surface area contributed by atoms with E-state index in [1.807, 2.05) is 6.20 Å². The van der Waals surface area contributed by atoms with Crippen LogP contribution in [-0.2, 0) is 22.4 Å². The van der Waals surface area contributed by atoms with Crippen molar-refractivity contribution in [3.05, 3.63) is 83.7 Å². The highest BCUT2D eigenvalue weighted by atomic mass is 35.5. The molecule has 272 valence electrons. The lowest BCUT2D eigenvalue weighted by Crippen LogP contribution is -2.28. The number of rotatable bonds is 15. The molecule has 0 bridgehead atoms. The summed E-state index contributed by atoms with van der Waals surface area (Å²) in [5, 5.41) is 9.23. The number of halogens is 1. The van der Waals surface area contributed by atoms with E-state index in [1.165, 1.54) is 0 Å². The lowest BCUT2D eigenvalue weighted by Gasteiger charge is -2.07. The number of hydrogen-bond donors (Lipinski definition) is 4. The number of aryl methyl sites for hydroxylation is 2. The number of nitrogens with zero attached hydrogens (tertiary/aromatic N) is 2. The van der Waals surface area contributed by atoms with E-state index < -0.39 is 0 Å². The summed E-state index contributed by atoms with van der Waals surface area (Å²) in [5.74, 6) is 4.45. The molecule has 2 saturated carbocycles. The van der Waals surface area contributed by atoms with Gasteiger partial charge in [0.05, 0.1) is 11.9 Å². The van der Waals surface area contributed by atoms with Crippen LogP contribution in [0, 0.1) is 29.6 Å². The molecule has 2 aliphatic carbocycles. The second-order valence-electron chi connectivity index (χ2n) is 16.0. The Labute approximate surface area is 312 Å². The highest BCUT2D eigenvalue weighted by Gasteiger charge is 2.47. The van der Waals surface area contributed by atoms with E-state index in [2.05, 4.69) is 121 Å². The first-order valence-electron chi connectivity index (χ1n) is 19.0. The molecular formula is C43H51ClN6O2. The topological polar surface area (TPSA) is 116 Å². The molecule has 5 atom stereocenters. The molecule has 2 heterocycles. The van der Waals surface area contributed by atoms with Gasteiger partial charge in [-0.1, -0.05) is 94.8 Å². The third-order valence-corrected chi connectivity index (χ3v) is 11.1. The zero-order valence-corrected chi connectivity index (χ0v) is 31.7. The smallest absolute Gasteiger partial charge is 0.220 e. The van der Waals surface area contributed by atoms with Crippen LogP contribution < -0.4 is 10.6 Å². The van der Waals surface area contributed by atoms with E-state index in [0.717, 1.165) is 88.2 Å². The number of nitrogens with one attached hydrogen (secondary N) is 4. The molecule has 8 nitrogen and oxygen atoms in total. The van der Waals surface area contributed by atoms with Gasteiger partial charge in [-0.2, -0.15) is 0 Å². The summed E-state index contributed by atoms with van der Waals surface area (Å²) in [6.45, 7) is 10.5. The predicted molar refractivity (Wildman–Crippen MR) is 210 cm³/mol. The number of amides is 2. The maximum atomic E-state index is 12.2. The summed E-state index contributed by atoms with van der Waals surface area (Å²) in [7, 11) is 0. The molecule has 0 spiro atoms. The molecule has 2 amide bonds. The van der Waals surface area contributed by atoms with E-state index >= 15 is 0 Å². The lowest BCUT2D eigenvalue weighted by molar-refractivity contribution is -0.122. The van der Waals surface area contributed by atoms with Crippen molar-refractivity contribution in [3.8, 4) is 33.6 Å². The van der Waals surface area contributed by atoms with E-state index in [-0.39, 0.29) is 17.9 Å². The fourth-order valence-electron chi connectivity index (χ4n) is 7.61. The summed E-state index contributed by atoms with van der Waals surface area (Å²) in [4.78, 5) is 40.6. The fourth-order valence-corrected chi connectivity index (χ4v) is 7.87. The zero-order chi connectivity index (χ0) is 36.5. The molecule has 2 aromatic heterocycles. The average molecular weight is 719 g/mol. The molecule has 5 unspecified atom stereocenters. The van der Waals surface area contributed by atoms with Crippen molar-refractivity contribution >= 4 is 34.2 Å². The minimum absolute atomic E-state index is 0.152. The average Bonchev–Trinajstić information content (AvgIpc) is 3.82. The third-order valence-electron chi connectivity index (χ3n) is 10.8. The van der Waals surface area contributed by atoms with E-state index in [9.17, 15) is 9.59 Å². The van der Waals surface area contributed by atoms with Gasteiger partial charge in [-0.3, -0.25) is 9.59 Å². The van der Waals surface area contributed by atoms with Crippen LogP contribution in [0.2, 0.25) is 5.15 Å². The minimum Gasteiger partial charge on any atom is -0.353 e. The molecular weight excluding hydrogens is 668 g/mol. The van der Waals surface area contributed by atoms with Crippen molar-refractivity contribution in [2.75, 3.05) is 0 Å². The largest absolute Gasteiger partial charge is 0.353 e. The zero-order valence-electron chi connectivity index (χ0n) is 30.9. The van der Waals surface area contributed by atoms with Gasteiger partial charge in [0.25, 0.3) is 0 Å². The Hall–Kier alpha value is -4.43. The number of benzene rings is 3. The number of imidazole rings is 2. The molecule has 4 N–H and O–H groups in total. The molecule has 5 aromatic rings. The summed E-state index contributed by atoms with van der Waals surface area (Å²) < 4.78 is 0. The molecule has 7 rings (SSSR count). The van der Waals surface area contributed by atoms with Crippen LogP contribution in [0.3, 0.4) is 0 Å². The highest BCUT2D eigenvalue weighted by Crippen LogP contribution is 2.42. The first-order valence-corrected chi connectivity index (χ1v) is 19.4. The standard InChI is InChI=1S/C43H51ClN6O2/c1-24(2)18-39(51)47-35-22-32(35)14-16-37-45-23-36(46-37)28-8-6-27(7-9-28)29-10-11-31-21-33(13-12-30(31)20-29)42-43(44)49-38(48-42)17-15-34-26(5)41(34)50-40(52)19-25(3)4/h6-13,20-21,23-26,32,34-35,41H,14-19,22H2,1-5H3,(H,45,46)(H,47,51)(H,48,49)(H,50,52). The van der Waals surface area contributed by atoms with Crippen molar-refractivity contribution in [3.63, 3.8) is 0 Å². The van der Waals surface area contributed by atoms with Gasteiger partial charge in [0.1, 0.15) is 22.5 Å². The summed E-state index contributed by atoms with van der Waals surface area (Å²) in [5.41, 5.74) is 6.19. The SMILES string of the molecule is CC(C)CC(=O)NC1CC1CCc1ncc(-c2ccc(-c3ccc4cc(-c5nc(CCC6C(C)C6NC(=O)CC(C)C)[nH]c5Cl)ccc4c3)cc2)[nH]1. The van der Waals surface area contributed by atoms with E-state index in [4.69, 9.17) is 16.6 Å². The van der Waals surface area contributed by atoms with Gasteiger partial charge in [-0.25, -0.2) is 9.97 Å². The van der Waals surface area contributed by atoms with E-state index in [1.54, 1.807) is 0 Å². The van der Waals surface area contributed by atoms with Gasteiger partial charge in [-0.15, -0.1) is 0 Å². The molecule has 52 heavy (non-hydrogen) atoms. The van der Waals surface area contributed by atoms with Crippen molar-refractivity contribution in [1.29, 1.82) is 0 Å². The number of aromatic amines is 2.